The molecule has 0 N–H and O–H groups in total. The third kappa shape index (κ3) is 4.88. The van der Waals surface area contributed by atoms with E-state index in [1.807, 2.05) is 17.2 Å². The number of amides is 1. The maximum atomic E-state index is 12.8. The van der Waals surface area contributed by atoms with Crippen molar-refractivity contribution in [3.8, 4) is 0 Å². The van der Waals surface area contributed by atoms with Gasteiger partial charge in [0, 0.05) is 57.6 Å². The normalized spacial score (nSPS) is 17.5. The van der Waals surface area contributed by atoms with Gasteiger partial charge in [-0.25, -0.2) is 4.98 Å². The zero-order chi connectivity index (χ0) is 20.1. The molecule has 2 aromatic rings. The van der Waals surface area contributed by atoms with E-state index in [-0.39, 0.29) is 5.91 Å². The van der Waals surface area contributed by atoms with E-state index in [2.05, 4.69) is 52.0 Å². The summed E-state index contributed by atoms with van der Waals surface area (Å²) in [6.45, 7) is 8.67. The highest BCUT2D eigenvalue weighted by molar-refractivity contribution is 5.77. The summed E-state index contributed by atoms with van der Waals surface area (Å²) in [6.07, 6.45) is 3.20. The molecular weight excluding hydrogens is 364 g/mol. The van der Waals surface area contributed by atoms with Crippen LogP contribution >= 0.6 is 0 Å². The van der Waals surface area contributed by atoms with Crippen molar-refractivity contribution in [2.75, 3.05) is 62.3 Å². The molecule has 0 bridgehead atoms. The Bertz CT molecular complexity index is 827. The van der Waals surface area contributed by atoms with Crippen LogP contribution in [0.2, 0.25) is 0 Å². The van der Waals surface area contributed by atoms with Crippen molar-refractivity contribution in [2.45, 2.75) is 19.8 Å². The number of hydrogen-bond donors (Lipinski definition) is 0. The van der Waals surface area contributed by atoms with Gasteiger partial charge >= 0.3 is 0 Å². The summed E-state index contributed by atoms with van der Waals surface area (Å²) >= 11 is 0. The van der Waals surface area contributed by atoms with Gasteiger partial charge in [0.05, 0.1) is 13.2 Å². The molecule has 0 saturated carbocycles. The molecule has 1 aromatic carbocycles. The zero-order valence-electron chi connectivity index (χ0n) is 17.2. The number of pyridine rings is 1. The van der Waals surface area contributed by atoms with Gasteiger partial charge in [0.2, 0.25) is 5.91 Å². The summed E-state index contributed by atoms with van der Waals surface area (Å²) < 4.78 is 5.47. The van der Waals surface area contributed by atoms with Crippen molar-refractivity contribution in [1.82, 2.24) is 9.88 Å². The van der Waals surface area contributed by atoms with Gasteiger partial charge in [-0.05, 0) is 42.7 Å². The summed E-state index contributed by atoms with van der Waals surface area (Å²) in [5, 5.41) is 0. The highest BCUT2D eigenvalue weighted by Gasteiger charge is 2.22. The Kier molecular flexibility index (Phi) is 6.30. The molecule has 154 valence electrons. The Morgan fingerprint density at radius 2 is 1.76 bits per heavy atom. The van der Waals surface area contributed by atoms with Gasteiger partial charge in [-0.3, -0.25) is 4.79 Å². The molecule has 2 aliphatic heterocycles. The van der Waals surface area contributed by atoms with Gasteiger partial charge in [-0.15, -0.1) is 0 Å². The van der Waals surface area contributed by atoms with Crippen LogP contribution < -0.4 is 9.80 Å². The van der Waals surface area contributed by atoms with Crippen molar-refractivity contribution in [3.63, 3.8) is 0 Å². The Hall–Kier alpha value is -2.60. The smallest absolute Gasteiger partial charge is 0.223 e. The number of para-hydroxylation sites is 1. The molecule has 29 heavy (non-hydrogen) atoms. The summed E-state index contributed by atoms with van der Waals surface area (Å²) in [7, 11) is 0. The first-order chi connectivity index (χ1) is 14.2. The van der Waals surface area contributed by atoms with Gasteiger partial charge in [0.25, 0.3) is 0 Å². The van der Waals surface area contributed by atoms with E-state index in [4.69, 9.17) is 4.74 Å². The minimum absolute atomic E-state index is 0.249. The van der Waals surface area contributed by atoms with Crippen LogP contribution in [-0.4, -0.2) is 68.3 Å². The quantitative estimate of drug-likeness (QED) is 0.780. The lowest BCUT2D eigenvalue weighted by Gasteiger charge is -2.35. The molecule has 0 radical (unpaired) electrons. The van der Waals surface area contributed by atoms with Gasteiger partial charge < -0.3 is 19.4 Å². The molecule has 2 fully saturated rings. The standard InChI is InChI=1S/C23H30N4O2/c1-19-8-9-24-22(18-19)26-10-12-27(13-11-26)23(28)7-6-20-4-2-3-5-21(20)25-14-16-29-17-15-25/h2-5,8-9,18H,6-7,10-17H2,1H3. The number of benzene rings is 1. The number of hydrogen-bond acceptors (Lipinski definition) is 5. The molecule has 0 atom stereocenters. The third-order valence-electron chi connectivity index (χ3n) is 5.81. The van der Waals surface area contributed by atoms with Crippen molar-refractivity contribution in [3.05, 3.63) is 53.7 Å². The van der Waals surface area contributed by atoms with Gasteiger partial charge in [-0.1, -0.05) is 18.2 Å². The largest absolute Gasteiger partial charge is 0.378 e. The van der Waals surface area contributed by atoms with E-state index in [0.29, 0.717) is 6.42 Å². The minimum Gasteiger partial charge on any atom is -0.378 e. The average Bonchev–Trinajstić information content (AvgIpc) is 2.78. The van der Waals surface area contributed by atoms with Crippen LogP contribution in [-0.2, 0) is 16.0 Å². The number of aryl methyl sites for hydroxylation is 2. The molecule has 0 unspecified atom stereocenters. The second-order valence-corrected chi connectivity index (χ2v) is 7.79. The summed E-state index contributed by atoms with van der Waals surface area (Å²) in [6, 6.07) is 12.6. The number of ether oxygens (including phenoxy) is 1. The lowest BCUT2D eigenvalue weighted by Crippen LogP contribution is -2.49. The molecule has 4 rings (SSSR count). The summed E-state index contributed by atoms with van der Waals surface area (Å²) in [4.78, 5) is 23.9. The van der Waals surface area contributed by atoms with Crippen LogP contribution in [0, 0.1) is 6.92 Å². The van der Waals surface area contributed by atoms with Crippen molar-refractivity contribution in [1.29, 1.82) is 0 Å². The molecule has 6 heteroatoms. The Labute approximate surface area is 173 Å². The SMILES string of the molecule is Cc1ccnc(N2CCN(C(=O)CCc3ccccc3N3CCOCC3)CC2)c1. The Balaban J connectivity index is 1.31. The van der Waals surface area contributed by atoms with E-state index >= 15 is 0 Å². The van der Waals surface area contributed by atoms with E-state index in [9.17, 15) is 4.79 Å². The van der Waals surface area contributed by atoms with E-state index < -0.39 is 0 Å². The lowest BCUT2D eigenvalue weighted by molar-refractivity contribution is -0.131. The average molecular weight is 395 g/mol. The number of aromatic nitrogens is 1. The molecule has 6 nitrogen and oxygen atoms in total. The minimum atomic E-state index is 0.249. The van der Waals surface area contributed by atoms with Gasteiger partial charge in [0.1, 0.15) is 5.82 Å². The van der Waals surface area contributed by atoms with Crippen LogP contribution in [0.25, 0.3) is 0 Å². The van der Waals surface area contributed by atoms with E-state index in [1.165, 1.54) is 16.8 Å². The molecule has 3 heterocycles. The highest BCUT2D eigenvalue weighted by Crippen LogP contribution is 2.23. The number of anilines is 2. The number of rotatable bonds is 5. The van der Waals surface area contributed by atoms with Gasteiger partial charge in [0.15, 0.2) is 0 Å². The maximum Gasteiger partial charge on any atom is 0.223 e. The number of piperazine rings is 1. The van der Waals surface area contributed by atoms with Crippen molar-refractivity contribution < 1.29 is 9.53 Å². The molecule has 0 aliphatic carbocycles. The Morgan fingerprint density at radius 1 is 1.00 bits per heavy atom. The predicted octanol–water partition coefficient (Wildman–Crippen LogP) is 2.51. The Morgan fingerprint density at radius 3 is 2.52 bits per heavy atom. The first-order valence-electron chi connectivity index (χ1n) is 10.6. The molecular formula is C23H30N4O2. The lowest BCUT2D eigenvalue weighted by atomic mass is 10.1. The van der Waals surface area contributed by atoms with Crippen LogP contribution in [0.1, 0.15) is 17.5 Å². The fourth-order valence-corrected chi connectivity index (χ4v) is 4.11. The van der Waals surface area contributed by atoms with E-state index in [0.717, 1.165) is 64.7 Å². The number of nitrogens with zero attached hydrogens (tertiary/aromatic N) is 4. The fraction of sp³-hybridized carbons (Fsp3) is 0.478. The summed E-state index contributed by atoms with van der Waals surface area (Å²) in [5.41, 5.74) is 3.72. The second kappa shape index (κ2) is 9.27. The number of carbonyl (C=O) groups excluding carboxylic acids is 1. The van der Waals surface area contributed by atoms with Crippen molar-refractivity contribution in [2.24, 2.45) is 0 Å². The topological polar surface area (TPSA) is 48.9 Å². The number of carbonyl (C=O) groups is 1. The third-order valence-corrected chi connectivity index (χ3v) is 5.81. The van der Waals surface area contributed by atoms with E-state index in [1.54, 1.807) is 0 Å². The van der Waals surface area contributed by atoms with Crippen molar-refractivity contribution >= 4 is 17.4 Å². The molecule has 1 amide bonds. The van der Waals surface area contributed by atoms with Crippen LogP contribution in [0.4, 0.5) is 11.5 Å². The van der Waals surface area contributed by atoms with Crippen LogP contribution in [0.15, 0.2) is 42.6 Å². The molecule has 1 aromatic heterocycles. The predicted molar refractivity (Wildman–Crippen MR) is 116 cm³/mol. The maximum absolute atomic E-state index is 12.8. The van der Waals surface area contributed by atoms with Crippen LogP contribution in [0.5, 0.6) is 0 Å². The molecule has 2 aliphatic rings. The number of morpholine rings is 1. The second-order valence-electron chi connectivity index (χ2n) is 7.79. The monoisotopic (exact) mass is 394 g/mol. The molecule has 2 saturated heterocycles. The summed E-state index contributed by atoms with van der Waals surface area (Å²) in [5.74, 6) is 1.26. The fourth-order valence-electron chi connectivity index (χ4n) is 4.11. The highest BCUT2D eigenvalue weighted by atomic mass is 16.5. The zero-order valence-corrected chi connectivity index (χ0v) is 17.2. The first-order valence-corrected chi connectivity index (χ1v) is 10.6. The molecule has 0 spiro atoms. The van der Waals surface area contributed by atoms with Gasteiger partial charge in [-0.2, -0.15) is 0 Å². The van der Waals surface area contributed by atoms with Crippen LogP contribution in [0.3, 0.4) is 0 Å². The first kappa shape index (κ1) is 19.7.